The summed E-state index contributed by atoms with van der Waals surface area (Å²) < 4.78 is 4.44. The monoisotopic (exact) mass is 824 g/mol. The van der Waals surface area contributed by atoms with Gasteiger partial charge in [0.1, 0.15) is 62.8 Å². The molecule has 2 nitrogen and oxygen atoms in total. The summed E-state index contributed by atoms with van der Waals surface area (Å²) in [4.78, 5) is 4.64. The SMILES string of the molecule is [B]c1c([B])c([B])c2c(c1[B])c1c([B])c([B])c([B])c([B])c1n2-c1cc2c3c(c1)c1cc(-c4ccccc4)ccc1n3-c1ccccc1S2(c1ccccc1)c1cccc(-c2ccccc2)c1. The van der Waals surface area contributed by atoms with Crippen molar-refractivity contribution in [2.75, 3.05) is 0 Å². The summed E-state index contributed by atoms with van der Waals surface area (Å²) in [6, 6.07) is 60.9. The second-order valence-electron chi connectivity index (χ2n) is 16.7. The van der Waals surface area contributed by atoms with Crippen LogP contribution in [0.4, 0.5) is 0 Å². The maximum atomic E-state index is 7.09. The van der Waals surface area contributed by atoms with Crippen LogP contribution >= 0.6 is 10.0 Å². The molecule has 0 amide bonds. The minimum atomic E-state index is -2.34. The fourth-order valence-corrected chi connectivity index (χ4v) is 14.5. The number of rotatable bonds is 5. The van der Waals surface area contributed by atoms with Gasteiger partial charge in [0, 0.05) is 47.1 Å². The van der Waals surface area contributed by atoms with E-state index >= 15 is 0 Å². The smallest absolute Gasteiger partial charge is 0.115 e. The van der Waals surface area contributed by atoms with Gasteiger partial charge in [-0.25, -0.2) is 0 Å². The van der Waals surface area contributed by atoms with Gasteiger partial charge >= 0.3 is 0 Å². The normalized spacial score (nSPS) is 15.4. The highest BCUT2D eigenvalue weighted by atomic mass is 32.3. The summed E-state index contributed by atoms with van der Waals surface area (Å²) in [5.41, 5.74) is 10.9. The summed E-state index contributed by atoms with van der Waals surface area (Å²) in [6.45, 7) is 0. The first-order chi connectivity index (χ1) is 31.6. The predicted octanol–water partition coefficient (Wildman–Crippen LogP) is 5.22. The minimum absolute atomic E-state index is 0.145. The van der Waals surface area contributed by atoms with Crippen LogP contribution in [0.25, 0.3) is 77.2 Å². The molecule has 9 aromatic carbocycles. The van der Waals surface area contributed by atoms with E-state index in [1.54, 1.807) is 0 Å². The number of benzene rings is 9. The Balaban J connectivity index is 1.34. The molecular formula is C54H28B8N2S. The molecule has 0 aliphatic carbocycles. The summed E-state index contributed by atoms with van der Waals surface area (Å²) in [6.07, 6.45) is 0. The van der Waals surface area contributed by atoms with E-state index < -0.39 is 10.0 Å². The van der Waals surface area contributed by atoms with Gasteiger partial charge in [-0.15, -0.1) is 31.9 Å². The second kappa shape index (κ2) is 14.7. The van der Waals surface area contributed by atoms with Crippen LogP contribution in [0.1, 0.15) is 0 Å². The maximum Gasteiger partial charge on any atom is 0.115 e. The van der Waals surface area contributed by atoms with Crippen molar-refractivity contribution in [2.24, 2.45) is 0 Å². The molecule has 65 heavy (non-hydrogen) atoms. The van der Waals surface area contributed by atoms with Crippen molar-refractivity contribution >= 4 is 160 Å². The van der Waals surface area contributed by atoms with E-state index in [9.17, 15) is 0 Å². The quantitative estimate of drug-likeness (QED) is 0.211. The molecule has 0 spiro atoms. The molecule has 284 valence electrons. The van der Waals surface area contributed by atoms with Crippen molar-refractivity contribution in [1.29, 1.82) is 0 Å². The van der Waals surface area contributed by atoms with Gasteiger partial charge in [-0.1, -0.05) is 131 Å². The van der Waals surface area contributed by atoms with Crippen LogP contribution in [0, 0.1) is 0 Å². The Labute approximate surface area is 390 Å². The number of para-hydroxylation sites is 1. The Hall–Kier alpha value is -6.55. The van der Waals surface area contributed by atoms with Gasteiger partial charge in [-0.2, -0.15) is 0 Å². The van der Waals surface area contributed by atoms with Crippen molar-refractivity contribution in [1.82, 2.24) is 9.13 Å². The Bertz CT molecular complexity index is 3730. The van der Waals surface area contributed by atoms with Gasteiger partial charge < -0.3 is 9.13 Å². The lowest BCUT2D eigenvalue weighted by Gasteiger charge is -2.46. The third kappa shape index (κ3) is 5.49. The van der Waals surface area contributed by atoms with Crippen LogP contribution in [0.15, 0.2) is 189 Å². The van der Waals surface area contributed by atoms with Crippen LogP contribution in [-0.2, 0) is 0 Å². The topological polar surface area (TPSA) is 9.86 Å². The molecule has 0 bridgehead atoms. The molecule has 2 aromatic heterocycles. The third-order valence-electron chi connectivity index (χ3n) is 13.3. The fraction of sp³-hybridized carbons (Fsp3) is 0. The van der Waals surface area contributed by atoms with Gasteiger partial charge in [-0.3, -0.25) is 0 Å². The Kier molecular flexibility index (Phi) is 9.07. The molecule has 16 radical (unpaired) electrons. The highest BCUT2D eigenvalue weighted by molar-refractivity contribution is 8.34. The zero-order chi connectivity index (χ0) is 44.5. The van der Waals surface area contributed by atoms with Crippen molar-refractivity contribution in [3.63, 3.8) is 0 Å². The predicted molar refractivity (Wildman–Crippen MR) is 283 cm³/mol. The van der Waals surface area contributed by atoms with Crippen LogP contribution in [0.5, 0.6) is 0 Å². The Morgan fingerprint density at radius 3 is 1.45 bits per heavy atom. The second-order valence-corrected chi connectivity index (χ2v) is 19.7. The van der Waals surface area contributed by atoms with Crippen molar-refractivity contribution in [3.05, 3.63) is 170 Å². The number of hydrogen-bond acceptors (Lipinski definition) is 0. The van der Waals surface area contributed by atoms with Crippen LogP contribution < -0.4 is 43.7 Å². The highest BCUT2D eigenvalue weighted by Crippen LogP contribution is 2.78. The number of fused-ring (bicyclic) bond motifs is 8. The summed E-state index contributed by atoms with van der Waals surface area (Å²) in [5, 5.41) is 3.07. The van der Waals surface area contributed by atoms with E-state index in [1.165, 1.54) is 14.7 Å². The Morgan fingerprint density at radius 1 is 0.323 bits per heavy atom. The average molecular weight is 823 g/mol. The lowest BCUT2D eigenvalue weighted by Crippen LogP contribution is -2.49. The van der Waals surface area contributed by atoms with E-state index in [0.717, 1.165) is 60.3 Å². The first-order valence-electron chi connectivity index (χ1n) is 21.2. The summed E-state index contributed by atoms with van der Waals surface area (Å²) >= 11 is 0. The summed E-state index contributed by atoms with van der Waals surface area (Å²) in [5.74, 6) is 0. The molecule has 1 aliphatic heterocycles. The lowest BCUT2D eigenvalue weighted by atomic mass is 9.63. The average Bonchev–Trinajstić information content (AvgIpc) is 3.89. The molecule has 0 saturated heterocycles. The molecule has 3 heterocycles. The van der Waals surface area contributed by atoms with Crippen LogP contribution in [0.2, 0.25) is 0 Å². The molecule has 1 atom stereocenters. The van der Waals surface area contributed by atoms with Crippen molar-refractivity contribution < 1.29 is 0 Å². The summed E-state index contributed by atoms with van der Waals surface area (Å²) in [7, 11) is 52.3. The number of aromatic nitrogens is 2. The van der Waals surface area contributed by atoms with Gasteiger partial charge in [-0.05, 0) is 93.7 Å². The van der Waals surface area contributed by atoms with E-state index in [0.29, 0.717) is 21.8 Å². The fourth-order valence-electron chi connectivity index (χ4n) is 10.3. The standard InChI is InChI=1S/C54H28B8N2S/c55-44-42-43-45(56)47(58)49(60)51(62)54(43)63(53(42)50(61)48(59)46(44)57)33-27-37-36-26-32(30-15-6-2-7-16-30)23-24-38(36)64-39-21-10-11-22-40(39)65(41(28-33)52(37)64,34-18-8-3-9-19-34)35-20-12-17-31(25-35)29-13-4-1-5-14-29/h1-28H. The zero-order valence-electron chi connectivity index (χ0n) is 35.1. The number of nitrogens with zero attached hydrogens (tertiary/aromatic N) is 2. The molecule has 0 saturated carbocycles. The lowest BCUT2D eigenvalue weighted by molar-refractivity contribution is 1.06. The molecule has 1 unspecified atom stereocenters. The maximum absolute atomic E-state index is 7.09. The van der Waals surface area contributed by atoms with Gasteiger partial charge in [0.15, 0.2) is 0 Å². The first-order valence-corrected chi connectivity index (χ1v) is 22.9. The van der Waals surface area contributed by atoms with Crippen molar-refractivity contribution in [2.45, 2.75) is 19.6 Å². The zero-order valence-corrected chi connectivity index (χ0v) is 35.9. The van der Waals surface area contributed by atoms with Crippen molar-refractivity contribution in [3.8, 4) is 33.6 Å². The number of hydrogen-bond donors (Lipinski definition) is 0. The molecule has 0 N–H and O–H groups in total. The molecule has 11 heteroatoms. The van der Waals surface area contributed by atoms with Crippen LogP contribution in [0.3, 0.4) is 0 Å². The molecule has 1 aliphatic rings. The van der Waals surface area contributed by atoms with E-state index in [2.05, 4.69) is 162 Å². The van der Waals surface area contributed by atoms with Gasteiger partial charge in [0.25, 0.3) is 0 Å². The van der Waals surface area contributed by atoms with Crippen LogP contribution in [-0.4, -0.2) is 71.9 Å². The first kappa shape index (κ1) is 40.0. The Morgan fingerprint density at radius 2 is 0.831 bits per heavy atom. The van der Waals surface area contributed by atoms with E-state index in [-0.39, 0.29) is 43.7 Å². The molecule has 12 rings (SSSR count). The van der Waals surface area contributed by atoms with Gasteiger partial charge in [0.2, 0.25) is 0 Å². The van der Waals surface area contributed by atoms with E-state index in [4.69, 9.17) is 62.8 Å². The minimum Gasteiger partial charge on any atom is -0.310 e. The highest BCUT2D eigenvalue weighted by Gasteiger charge is 2.42. The van der Waals surface area contributed by atoms with Gasteiger partial charge in [0.05, 0.1) is 16.7 Å². The molecule has 11 aromatic rings. The third-order valence-corrected chi connectivity index (χ3v) is 17.2. The largest absolute Gasteiger partial charge is 0.310 e. The molecular weight excluding hydrogens is 795 g/mol. The van der Waals surface area contributed by atoms with E-state index in [1.807, 2.05) is 16.7 Å². The molecule has 0 fully saturated rings.